The van der Waals surface area contributed by atoms with Crippen molar-refractivity contribution < 1.29 is 29.3 Å². The van der Waals surface area contributed by atoms with Crippen LogP contribution in [0.4, 0.5) is 0 Å². The second-order valence-electron chi connectivity index (χ2n) is 5.21. The Morgan fingerprint density at radius 2 is 2.13 bits per heavy atom. The van der Waals surface area contributed by atoms with E-state index >= 15 is 0 Å². The molecular formula is C16H14O7. The number of fused-ring (bicyclic) bond motifs is 2. The molecule has 7 nitrogen and oxygen atoms in total. The minimum absolute atomic E-state index is 0.0635. The lowest BCUT2D eigenvalue weighted by atomic mass is 9.87. The van der Waals surface area contributed by atoms with E-state index in [9.17, 15) is 24.9 Å². The molecule has 0 fully saturated rings. The van der Waals surface area contributed by atoms with Crippen LogP contribution in [0.5, 0.6) is 5.75 Å². The Kier molecular flexibility index (Phi) is 3.67. The fourth-order valence-electron chi connectivity index (χ4n) is 2.75. The fourth-order valence-corrected chi connectivity index (χ4v) is 2.75. The normalized spacial score (nSPS) is 19.6. The number of esters is 1. The van der Waals surface area contributed by atoms with Crippen LogP contribution in [-0.2, 0) is 16.1 Å². The van der Waals surface area contributed by atoms with Crippen LogP contribution >= 0.6 is 0 Å². The number of hydrogen-bond donors (Lipinski definition) is 3. The van der Waals surface area contributed by atoms with E-state index in [1.165, 1.54) is 24.3 Å². The molecule has 2 atom stereocenters. The number of phenols is 1. The van der Waals surface area contributed by atoms with Crippen molar-refractivity contribution in [1.29, 1.82) is 0 Å². The number of rotatable bonds is 2. The Balaban J connectivity index is 2.37. The zero-order chi connectivity index (χ0) is 16.7. The van der Waals surface area contributed by atoms with E-state index in [0.717, 1.165) is 7.11 Å². The van der Waals surface area contributed by atoms with Crippen LogP contribution < -0.4 is 5.43 Å². The van der Waals surface area contributed by atoms with Crippen LogP contribution in [0.3, 0.4) is 0 Å². The van der Waals surface area contributed by atoms with Gasteiger partial charge in [0.2, 0.25) is 5.43 Å². The van der Waals surface area contributed by atoms with E-state index in [4.69, 9.17) is 4.42 Å². The molecule has 2 aromatic rings. The first-order valence-corrected chi connectivity index (χ1v) is 6.85. The third-order valence-electron chi connectivity index (χ3n) is 3.83. The standard InChI is InChI=1S/C16H14O7/c1-22-16(21)13-8(18)2-3-10-14(13)15(20)12-9(19)4-7(6-17)5-11(12)23-10/h2-5,8,13,17-19H,6H2,1H3/t8-,13-/m0/s1. The lowest BCUT2D eigenvalue weighted by Gasteiger charge is -2.23. The van der Waals surface area contributed by atoms with Crippen molar-refractivity contribution in [2.24, 2.45) is 0 Å². The molecule has 0 saturated carbocycles. The molecule has 120 valence electrons. The number of hydrogen-bond acceptors (Lipinski definition) is 7. The Hall–Kier alpha value is -2.64. The van der Waals surface area contributed by atoms with Gasteiger partial charge in [0, 0.05) is 0 Å². The largest absolute Gasteiger partial charge is 0.507 e. The van der Waals surface area contributed by atoms with Gasteiger partial charge < -0.3 is 24.5 Å². The lowest BCUT2D eigenvalue weighted by molar-refractivity contribution is -0.144. The predicted molar refractivity (Wildman–Crippen MR) is 79.9 cm³/mol. The Bertz CT molecular complexity index is 878. The maximum absolute atomic E-state index is 12.7. The molecule has 0 aliphatic heterocycles. The molecule has 1 heterocycles. The van der Waals surface area contributed by atoms with Crippen LogP contribution in [0.25, 0.3) is 17.0 Å². The van der Waals surface area contributed by atoms with Crippen LogP contribution in [0, 0.1) is 0 Å². The third-order valence-corrected chi connectivity index (χ3v) is 3.83. The molecule has 1 aliphatic carbocycles. The summed E-state index contributed by atoms with van der Waals surface area (Å²) in [6.07, 6.45) is 1.49. The average Bonchev–Trinajstić information content (AvgIpc) is 2.54. The number of methoxy groups -OCH3 is 1. The van der Waals surface area contributed by atoms with E-state index in [0.29, 0.717) is 5.56 Å². The number of carbonyl (C=O) groups excluding carboxylic acids is 1. The summed E-state index contributed by atoms with van der Waals surface area (Å²) < 4.78 is 10.2. The van der Waals surface area contributed by atoms with Gasteiger partial charge in [-0.25, -0.2) is 0 Å². The molecular weight excluding hydrogens is 304 g/mol. The van der Waals surface area contributed by atoms with Crippen LogP contribution in [0.1, 0.15) is 22.8 Å². The van der Waals surface area contributed by atoms with Crippen LogP contribution in [-0.4, -0.2) is 34.5 Å². The molecule has 7 heteroatoms. The minimum Gasteiger partial charge on any atom is -0.507 e. The number of benzene rings is 1. The summed E-state index contributed by atoms with van der Waals surface area (Å²) in [5.41, 5.74) is -0.224. The number of carbonyl (C=O) groups is 1. The summed E-state index contributed by atoms with van der Waals surface area (Å²) >= 11 is 0. The molecule has 3 N–H and O–H groups in total. The van der Waals surface area contributed by atoms with E-state index in [1.54, 1.807) is 0 Å². The first-order valence-electron chi connectivity index (χ1n) is 6.85. The highest BCUT2D eigenvalue weighted by molar-refractivity contribution is 5.89. The van der Waals surface area contributed by atoms with Crippen molar-refractivity contribution in [3.8, 4) is 5.75 Å². The molecule has 0 spiro atoms. The molecule has 1 aromatic carbocycles. The summed E-state index contributed by atoms with van der Waals surface area (Å²) in [4.78, 5) is 24.7. The van der Waals surface area contributed by atoms with Crippen molar-refractivity contribution in [3.05, 3.63) is 45.3 Å². The van der Waals surface area contributed by atoms with Gasteiger partial charge in [0.1, 0.15) is 28.4 Å². The monoisotopic (exact) mass is 318 g/mol. The van der Waals surface area contributed by atoms with Crippen molar-refractivity contribution >= 4 is 23.0 Å². The first-order chi connectivity index (χ1) is 11.0. The van der Waals surface area contributed by atoms with Crippen molar-refractivity contribution in [3.63, 3.8) is 0 Å². The van der Waals surface area contributed by atoms with Crippen molar-refractivity contribution in [1.82, 2.24) is 0 Å². The molecule has 0 radical (unpaired) electrons. The van der Waals surface area contributed by atoms with Gasteiger partial charge in [-0.3, -0.25) is 9.59 Å². The van der Waals surface area contributed by atoms with Gasteiger partial charge in [-0.2, -0.15) is 0 Å². The number of aliphatic hydroxyl groups excluding tert-OH is 2. The zero-order valence-electron chi connectivity index (χ0n) is 12.1. The van der Waals surface area contributed by atoms with E-state index in [-0.39, 0.29) is 34.6 Å². The minimum atomic E-state index is -1.23. The quantitative estimate of drug-likeness (QED) is 0.695. The second-order valence-corrected chi connectivity index (χ2v) is 5.21. The average molecular weight is 318 g/mol. The van der Waals surface area contributed by atoms with Gasteiger partial charge in [0.15, 0.2) is 0 Å². The highest BCUT2D eigenvalue weighted by Gasteiger charge is 2.36. The van der Waals surface area contributed by atoms with Gasteiger partial charge in [0.05, 0.1) is 25.4 Å². The lowest BCUT2D eigenvalue weighted by Crippen LogP contribution is -2.33. The zero-order valence-corrected chi connectivity index (χ0v) is 12.1. The van der Waals surface area contributed by atoms with Crippen LogP contribution in [0.15, 0.2) is 27.4 Å². The Morgan fingerprint density at radius 1 is 1.39 bits per heavy atom. The summed E-state index contributed by atoms with van der Waals surface area (Å²) in [7, 11) is 1.15. The smallest absolute Gasteiger partial charge is 0.316 e. The highest BCUT2D eigenvalue weighted by atomic mass is 16.5. The second kappa shape index (κ2) is 5.53. The molecule has 1 aliphatic rings. The Morgan fingerprint density at radius 3 is 2.78 bits per heavy atom. The molecule has 0 unspecified atom stereocenters. The molecule has 0 amide bonds. The molecule has 1 aromatic heterocycles. The fraction of sp³-hybridized carbons (Fsp3) is 0.250. The SMILES string of the molecule is COC(=O)[C@@H]1c2c(oc3cc(CO)cc(O)c3c2=O)C=C[C@@H]1O. The number of ether oxygens (including phenoxy) is 1. The summed E-state index contributed by atoms with van der Waals surface area (Å²) in [6.45, 7) is -0.330. The van der Waals surface area contributed by atoms with Crippen molar-refractivity contribution in [2.45, 2.75) is 18.6 Å². The molecule has 3 rings (SSSR count). The maximum atomic E-state index is 12.7. The maximum Gasteiger partial charge on any atom is 0.316 e. The van der Waals surface area contributed by atoms with E-state index < -0.39 is 23.4 Å². The topological polar surface area (TPSA) is 117 Å². The highest BCUT2D eigenvalue weighted by Crippen LogP contribution is 2.33. The van der Waals surface area contributed by atoms with Crippen LogP contribution in [0.2, 0.25) is 0 Å². The van der Waals surface area contributed by atoms with Gasteiger partial charge in [0.25, 0.3) is 0 Å². The Labute approximate surface area is 130 Å². The van der Waals surface area contributed by atoms with Gasteiger partial charge in [-0.1, -0.05) is 6.08 Å². The number of aromatic hydroxyl groups is 1. The molecule has 0 bridgehead atoms. The summed E-state index contributed by atoms with van der Waals surface area (Å²) in [6, 6.07) is 2.68. The van der Waals surface area contributed by atoms with E-state index in [1.807, 2.05) is 0 Å². The van der Waals surface area contributed by atoms with E-state index in [2.05, 4.69) is 4.74 Å². The summed E-state index contributed by atoms with van der Waals surface area (Å²) in [5, 5.41) is 29.1. The molecule has 0 saturated heterocycles. The first kappa shape index (κ1) is 15.3. The predicted octanol–water partition coefficient (Wildman–Crippen LogP) is 0.635. The number of phenolic OH excluding ortho intramolecular Hbond substituents is 1. The summed E-state index contributed by atoms with van der Waals surface area (Å²) in [5.74, 6) is -2.26. The van der Waals surface area contributed by atoms with Gasteiger partial charge >= 0.3 is 5.97 Å². The number of aliphatic hydroxyl groups is 2. The third kappa shape index (κ3) is 2.30. The van der Waals surface area contributed by atoms with Crippen molar-refractivity contribution in [2.75, 3.05) is 7.11 Å². The van der Waals surface area contributed by atoms with Gasteiger partial charge in [-0.15, -0.1) is 0 Å². The molecule has 23 heavy (non-hydrogen) atoms. The van der Waals surface area contributed by atoms with Gasteiger partial charge in [-0.05, 0) is 23.8 Å².